The lowest BCUT2D eigenvalue weighted by molar-refractivity contribution is 0.590. The van der Waals surface area contributed by atoms with E-state index in [4.69, 9.17) is 19.1 Å². The van der Waals surface area contributed by atoms with Crippen molar-refractivity contribution in [2.24, 2.45) is 0 Å². The summed E-state index contributed by atoms with van der Waals surface area (Å²) in [6.07, 6.45) is 0. The molecule has 8 heteroatoms. The molecular weight excluding hydrogens is 1270 g/mol. The van der Waals surface area contributed by atoms with Crippen LogP contribution in [0, 0.1) is 0 Å². The van der Waals surface area contributed by atoms with Crippen LogP contribution in [-0.4, -0.2) is 30.8 Å². The molecule has 0 atom stereocenters. The highest BCUT2D eigenvalue weighted by molar-refractivity contribution is 7.00. The Bertz CT molecular complexity index is 7540. The highest BCUT2D eigenvalue weighted by Gasteiger charge is 2.46. The smallest absolute Gasteiger partial charge is 0.252 e. The van der Waals surface area contributed by atoms with Crippen LogP contribution in [0.2, 0.25) is 0 Å². The summed E-state index contributed by atoms with van der Waals surface area (Å²) in [6, 6.07) is 59.8. The van der Waals surface area contributed by atoms with Gasteiger partial charge in [0.2, 0.25) is 0 Å². The van der Waals surface area contributed by atoms with Crippen molar-refractivity contribution in [1.29, 1.82) is 0 Å². The van der Waals surface area contributed by atoms with Crippen molar-refractivity contribution in [1.82, 2.24) is 24.1 Å². The van der Waals surface area contributed by atoms with Gasteiger partial charge in [0.25, 0.3) is 6.71 Å². The fraction of sp³-hybridized carbons (Fsp3) is 0.0412. The fourth-order valence-corrected chi connectivity index (χ4v) is 15.3. The molecule has 0 bridgehead atoms. The first-order valence-electron chi connectivity index (χ1n) is 45.0. The van der Waals surface area contributed by atoms with Crippen molar-refractivity contribution in [3.05, 3.63) is 363 Å². The highest BCUT2D eigenvalue weighted by atomic mass is 15.2. The van der Waals surface area contributed by atoms with E-state index in [1.807, 2.05) is 204 Å². The molecule has 0 aliphatic carbocycles. The summed E-state index contributed by atoms with van der Waals surface area (Å²) in [5, 5.41) is -0.792. The third-order valence-corrected chi connectivity index (χ3v) is 20.1. The van der Waals surface area contributed by atoms with Crippen molar-refractivity contribution >= 4 is 101 Å². The van der Waals surface area contributed by atoms with Gasteiger partial charge < -0.3 is 18.9 Å². The van der Waals surface area contributed by atoms with Gasteiger partial charge in [-0.05, 0) is 140 Å². The van der Waals surface area contributed by atoms with E-state index in [-0.39, 0.29) is 71.9 Å². The molecule has 0 saturated carbocycles. The van der Waals surface area contributed by atoms with Gasteiger partial charge in [-0.25, -0.2) is 15.0 Å². The molecule has 0 amide bonds. The van der Waals surface area contributed by atoms with Crippen molar-refractivity contribution < 1.29 is 28.8 Å². The number of para-hydroxylation sites is 4. The molecule has 0 unspecified atom stereocenters. The lowest BCUT2D eigenvalue weighted by Crippen LogP contribution is -2.61. The van der Waals surface area contributed by atoms with Gasteiger partial charge in [-0.2, -0.15) is 0 Å². The average molecular weight is 1360 g/mol. The Labute approximate surface area is 640 Å². The van der Waals surface area contributed by atoms with Crippen molar-refractivity contribution in [2.75, 3.05) is 9.80 Å². The zero-order chi connectivity index (χ0) is 88.1. The van der Waals surface area contributed by atoms with E-state index in [0.29, 0.717) is 101 Å². The SMILES string of the molecule is [2H]c1c([2H])c([2H])c(-c2ccc3c(c2)N(c2c(-c4ccccc4)cc(C(C)(C)C)cc2-c2nc(-c4ccccc4)nc(-c4ccccc4)n2)c2cc(-n4c5c([2H])c([2H])c([2H])c([2H])c5c5c([2H])c([2H])c([2H])c([2H])c54)cc4c2B3c2ccc(-n3c5c([2H])c([2H])c([2H])c([2H])c5c5c([2H])c([2H])c([2H])c([2H])c53)cc2N4c2ccc(-c3ccccc3)cc2-c2ccccc2)c([2H])c1[2H]. The monoisotopic (exact) mass is 1360 g/mol. The number of aromatic nitrogens is 5. The Hall–Kier alpha value is -13.4. The highest BCUT2D eigenvalue weighted by Crippen LogP contribution is 2.54. The Morgan fingerprint density at radius 2 is 0.705 bits per heavy atom. The maximum Gasteiger partial charge on any atom is 0.252 e. The molecule has 3 aromatic heterocycles. The summed E-state index contributed by atoms with van der Waals surface area (Å²) in [5.41, 5.74) is 9.29. The van der Waals surface area contributed by atoms with Crippen molar-refractivity contribution in [3.63, 3.8) is 0 Å². The average Bonchev–Trinajstić information content (AvgIpc) is 1.01. The molecule has 0 radical (unpaired) electrons. The summed E-state index contributed by atoms with van der Waals surface area (Å²) in [5.74, 6) is 0.781. The largest absolute Gasteiger partial charge is 0.311 e. The summed E-state index contributed by atoms with van der Waals surface area (Å²) >= 11 is 0. The van der Waals surface area contributed by atoms with Gasteiger partial charge in [-0.15, -0.1) is 0 Å². The van der Waals surface area contributed by atoms with Crippen LogP contribution in [0.1, 0.15) is 55.1 Å². The van der Waals surface area contributed by atoms with Gasteiger partial charge in [0.05, 0.1) is 67.9 Å². The zero-order valence-corrected chi connectivity index (χ0v) is 56.6. The van der Waals surface area contributed by atoms with Crippen LogP contribution in [0.25, 0.3) is 134 Å². The molecule has 15 aromatic carbocycles. The molecule has 0 saturated heterocycles. The standard InChI is InChI=1S/C97H68BN7/c1-97(2,3)71-58-79(66-36-16-7-17-37-66)93(80(59-71)96-100-94(67-38-18-8-19-39-67)99-95(101-96)68-40-20-9-21-41-68)105-88-57-70(64-32-12-5-13-33-64)50-53-81(88)98-82-54-52-72(102-83-46-26-22-42-74(83)75-43-23-27-47-84(75)102)60-89(82)104(87-55-51-69(63-30-10-4-11-31-63)56-78(87)65-34-14-6-15-35-65)90-61-73(62-91(105)92(90)98)103-85-48-28-24-44-76(85)77-45-25-29-49-86(77)103/h4-62H,1-3H3/i5D,12D,13D,22D,23D,24D,25D,26D,27D,28D,29D,32D,33D,42D,43D,44D,45D,46D,47D,48D,49D. The first kappa shape index (κ1) is 43.4. The number of benzene rings is 15. The summed E-state index contributed by atoms with van der Waals surface area (Å²) in [4.78, 5) is 20.4. The van der Waals surface area contributed by atoms with E-state index >= 15 is 0 Å². The second-order valence-electron chi connectivity index (χ2n) is 27.1. The van der Waals surface area contributed by atoms with Crippen molar-refractivity contribution in [3.8, 4) is 90.0 Å². The lowest BCUT2D eigenvalue weighted by Gasteiger charge is -2.46. The molecule has 2 aliphatic heterocycles. The van der Waals surface area contributed by atoms with Gasteiger partial charge in [0, 0.05) is 77.8 Å². The Balaban J connectivity index is 1.04. The molecule has 7 nitrogen and oxygen atoms in total. The van der Waals surface area contributed by atoms with Gasteiger partial charge in [0.15, 0.2) is 17.5 Å². The zero-order valence-electron chi connectivity index (χ0n) is 77.6. The minimum Gasteiger partial charge on any atom is -0.311 e. The molecule has 18 aromatic rings. The maximum absolute atomic E-state index is 10.2. The normalized spacial score (nSPS) is 15.3. The molecule has 105 heavy (non-hydrogen) atoms. The van der Waals surface area contributed by atoms with Crippen LogP contribution < -0.4 is 26.2 Å². The predicted octanol–water partition coefficient (Wildman–Crippen LogP) is 23.1. The molecular formula is C97H68BN7. The first-order chi connectivity index (χ1) is 60.4. The van der Waals surface area contributed by atoms with Crippen LogP contribution in [0.4, 0.5) is 34.1 Å². The van der Waals surface area contributed by atoms with E-state index in [1.54, 1.807) is 24.3 Å². The minimum absolute atomic E-state index is 0.0564. The van der Waals surface area contributed by atoms with E-state index in [0.717, 1.165) is 16.7 Å². The summed E-state index contributed by atoms with van der Waals surface area (Å²) in [7, 11) is 0. The molecule has 2 aliphatic rings. The molecule has 20 rings (SSSR count). The number of rotatable bonds is 11. The molecule has 0 fully saturated rings. The third kappa shape index (κ3) is 10.2. The van der Waals surface area contributed by atoms with Crippen LogP contribution in [0.15, 0.2) is 357 Å². The van der Waals surface area contributed by atoms with Gasteiger partial charge in [-0.3, -0.25) is 0 Å². The fourth-order valence-electron chi connectivity index (χ4n) is 15.3. The predicted molar refractivity (Wildman–Crippen MR) is 439 cm³/mol. The van der Waals surface area contributed by atoms with E-state index < -0.39 is 139 Å². The second kappa shape index (κ2) is 24.7. The van der Waals surface area contributed by atoms with Gasteiger partial charge in [-0.1, -0.05) is 299 Å². The van der Waals surface area contributed by atoms with Crippen molar-refractivity contribution in [2.45, 2.75) is 26.2 Å². The number of hydrogen-bond acceptors (Lipinski definition) is 5. The Morgan fingerprint density at radius 1 is 0.295 bits per heavy atom. The van der Waals surface area contributed by atoms with E-state index in [2.05, 4.69) is 32.9 Å². The lowest BCUT2D eigenvalue weighted by atomic mass is 9.33. The first-order valence-corrected chi connectivity index (χ1v) is 34.5. The number of nitrogens with zero attached hydrogens (tertiary/aromatic N) is 7. The van der Waals surface area contributed by atoms with E-state index in [1.165, 1.54) is 9.13 Å². The van der Waals surface area contributed by atoms with E-state index in [9.17, 15) is 24.7 Å². The summed E-state index contributed by atoms with van der Waals surface area (Å²) < 4.78 is 204. The molecule has 0 N–H and O–H groups in total. The Kier molecular flexibility index (Phi) is 10.2. The molecule has 0 spiro atoms. The number of fused-ring (bicyclic) bond motifs is 10. The summed E-state index contributed by atoms with van der Waals surface area (Å²) in [6.45, 7) is 5.23. The van der Waals surface area contributed by atoms with Gasteiger partial charge in [0.1, 0.15) is 0 Å². The molecule has 5 heterocycles. The Morgan fingerprint density at radius 3 is 1.24 bits per heavy atom. The van der Waals surface area contributed by atoms with Crippen LogP contribution in [-0.2, 0) is 5.41 Å². The molecule has 494 valence electrons. The van der Waals surface area contributed by atoms with Crippen LogP contribution in [0.5, 0.6) is 0 Å². The topological polar surface area (TPSA) is 55.0 Å². The number of hydrogen-bond donors (Lipinski definition) is 0. The van der Waals surface area contributed by atoms with Gasteiger partial charge >= 0.3 is 0 Å². The quantitative estimate of drug-likeness (QED) is 0.121. The second-order valence-corrected chi connectivity index (χ2v) is 27.1. The van der Waals surface area contributed by atoms with Crippen LogP contribution >= 0.6 is 0 Å². The minimum atomic E-state index is -1.04. The number of anilines is 6. The van der Waals surface area contributed by atoms with Crippen LogP contribution in [0.3, 0.4) is 0 Å². The maximum atomic E-state index is 10.2. The third-order valence-electron chi connectivity index (χ3n) is 20.1.